The molecule has 2 aromatic rings. The van der Waals surface area contributed by atoms with E-state index in [0.29, 0.717) is 5.75 Å². The molecule has 6 nitrogen and oxygen atoms in total. The van der Waals surface area contributed by atoms with Crippen LogP contribution in [0.25, 0.3) is 10.8 Å². The molecule has 0 saturated heterocycles. The lowest BCUT2D eigenvalue weighted by Gasteiger charge is -1.96. The van der Waals surface area contributed by atoms with Gasteiger partial charge in [0.1, 0.15) is 5.75 Å². The molecule has 4 N–H and O–H groups in total. The molecular weight excluding hydrogens is 272 g/mol. The number of hydrogen-bond acceptors (Lipinski definition) is 4. The van der Waals surface area contributed by atoms with Crippen LogP contribution in [-0.2, 0) is 10.4 Å². The average molecular weight is 288 g/mol. The van der Waals surface area contributed by atoms with E-state index in [1.165, 1.54) is 0 Å². The number of hydrogen-bond donors (Lipinski definition) is 4. The summed E-state index contributed by atoms with van der Waals surface area (Å²) in [6.45, 7) is 1.93. The monoisotopic (exact) mass is 288 g/mol. The Morgan fingerprint density at radius 3 is 1.89 bits per heavy atom. The van der Waals surface area contributed by atoms with Crippen molar-refractivity contribution in [1.29, 1.82) is 0 Å². The fraction of sp³-hybridized carbons (Fsp3) is 0.167. The highest BCUT2D eigenvalue weighted by molar-refractivity contribution is 7.79. The minimum atomic E-state index is -4.67. The van der Waals surface area contributed by atoms with Crippen LogP contribution >= 0.6 is 0 Å². The molecule has 2 aromatic carbocycles. The molecule has 2 rings (SSSR count). The van der Waals surface area contributed by atoms with E-state index in [9.17, 15) is 0 Å². The van der Waals surface area contributed by atoms with E-state index >= 15 is 0 Å². The van der Waals surface area contributed by atoms with E-state index in [4.69, 9.17) is 27.7 Å². The van der Waals surface area contributed by atoms with Gasteiger partial charge in [-0.3, -0.25) is 9.11 Å². The third-order valence-electron chi connectivity index (χ3n) is 1.73. The van der Waals surface area contributed by atoms with Gasteiger partial charge in [-0.05, 0) is 29.8 Å². The number of fused-ring (bicyclic) bond motifs is 1. The Labute approximate surface area is 111 Å². The van der Waals surface area contributed by atoms with Gasteiger partial charge in [-0.2, -0.15) is 8.42 Å². The maximum atomic E-state index is 9.13. The summed E-state index contributed by atoms with van der Waals surface area (Å²) in [7, 11) is -4.67. The Hall–Kier alpha value is -1.67. The second kappa shape index (κ2) is 8.44. The highest BCUT2D eigenvalue weighted by atomic mass is 32.3. The Balaban J connectivity index is 0.000000344. The number of aliphatic hydroxyl groups is 1. The summed E-state index contributed by atoms with van der Waals surface area (Å²) in [5.41, 5.74) is 0. The fourth-order valence-corrected chi connectivity index (χ4v) is 1.18. The van der Waals surface area contributed by atoms with E-state index in [2.05, 4.69) is 0 Å². The van der Waals surface area contributed by atoms with Crippen LogP contribution in [0.3, 0.4) is 0 Å². The lowest BCUT2D eigenvalue weighted by atomic mass is 10.1. The first-order chi connectivity index (χ1) is 8.77. The number of aromatic hydroxyl groups is 1. The fourth-order valence-electron chi connectivity index (χ4n) is 1.18. The topological polar surface area (TPSA) is 115 Å². The van der Waals surface area contributed by atoms with E-state index in [1.807, 2.05) is 30.3 Å². The number of phenols is 1. The summed E-state index contributed by atoms with van der Waals surface area (Å²) in [4.78, 5) is 0. The molecule has 0 spiro atoms. The minimum Gasteiger partial charge on any atom is -0.508 e. The molecule has 0 atom stereocenters. The van der Waals surface area contributed by atoms with Gasteiger partial charge >= 0.3 is 10.4 Å². The van der Waals surface area contributed by atoms with Gasteiger partial charge < -0.3 is 10.2 Å². The molecule has 0 heterocycles. The van der Waals surface area contributed by atoms with Gasteiger partial charge in [0.05, 0.1) is 0 Å². The highest BCUT2D eigenvalue weighted by Gasteiger charge is 1.91. The Kier molecular flexibility index (Phi) is 7.69. The quantitative estimate of drug-likeness (QED) is 0.550. The zero-order valence-electron chi connectivity index (χ0n) is 10.3. The number of rotatable bonds is 0. The van der Waals surface area contributed by atoms with Crippen LogP contribution in [0.4, 0.5) is 0 Å². The Morgan fingerprint density at radius 1 is 1.00 bits per heavy atom. The van der Waals surface area contributed by atoms with Crippen LogP contribution in [0.1, 0.15) is 6.92 Å². The minimum absolute atomic E-state index is 0.250. The molecule has 0 radical (unpaired) electrons. The molecule has 0 unspecified atom stereocenters. The van der Waals surface area contributed by atoms with Crippen LogP contribution in [0.2, 0.25) is 0 Å². The maximum absolute atomic E-state index is 9.13. The van der Waals surface area contributed by atoms with Crippen molar-refractivity contribution in [1.82, 2.24) is 0 Å². The van der Waals surface area contributed by atoms with Gasteiger partial charge in [0.15, 0.2) is 0 Å². The normalized spacial score (nSPS) is 9.89. The molecule has 0 amide bonds. The zero-order chi connectivity index (χ0) is 14.9. The largest absolute Gasteiger partial charge is 0.508 e. The molecular formula is C12H16O6S. The second-order valence-corrected chi connectivity index (χ2v) is 4.19. The third-order valence-corrected chi connectivity index (χ3v) is 1.73. The first-order valence-corrected chi connectivity index (χ1v) is 6.66. The first kappa shape index (κ1) is 17.3. The molecule has 0 aliphatic rings. The van der Waals surface area contributed by atoms with Gasteiger partial charge in [0.25, 0.3) is 0 Å². The summed E-state index contributed by atoms with van der Waals surface area (Å²) < 4.78 is 31.6. The molecule has 0 aliphatic carbocycles. The van der Waals surface area contributed by atoms with Crippen molar-refractivity contribution in [2.24, 2.45) is 0 Å². The Bertz CT molecular complexity index is 586. The van der Waals surface area contributed by atoms with Crippen molar-refractivity contribution in [2.45, 2.75) is 6.92 Å². The van der Waals surface area contributed by atoms with Gasteiger partial charge in [0, 0.05) is 6.61 Å². The standard InChI is InChI=1S/C10H8O.C2H6O.H2O4S/c11-10-6-5-8-3-1-2-4-9(8)7-10;1-2-3;1-5(2,3)4/h1-7,11H;3H,2H2,1H3;(H2,1,2,3,4). The molecule has 0 aliphatic heterocycles. The molecule has 19 heavy (non-hydrogen) atoms. The number of phenolic OH excluding ortho intramolecular Hbond substituents is 1. The average Bonchev–Trinajstić information content (AvgIpc) is 2.27. The number of aliphatic hydroxyl groups excluding tert-OH is 1. The predicted octanol–water partition coefficient (Wildman–Crippen LogP) is 1.89. The molecule has 0 saturated carbocycles. The van der Waals surface area contributed by atoms with Gasteiger partial charge in [0.2, 0.25) is 0 Å². The van der Waals surface area contributed by atoms with Gasteiger partial charge in [-0.15, -0.1) is 0 Å². The molecule has 7 heteroatoms. The van der Waals surface area contributed by atoms with Crippen molar-refractivity contribution in [2.75, 3.05) is 6.61 Å². The Morgan fingerprint density at radius 2 is 1.42 bits per heavy atom. The maximum Gasteiger partial charge on any atom is 0.394 e. The van der Waals surface area contributed by atoms with Gasteiger partial charge in [-0.25, -0.2) is 0 Å². The van der Waals surface area contributed by atoms with E-state index in [1.54, 1.807) is 19.1 Å². The van der Waals surface area contributed by atoms with Crippen molar-refractivity contribution in [3.63, 3.8) is 0 Å². The zero-order valence-corrected chi connectivity index (χ0v) is 11.1. The predicted molar refractivity (Wildman–Crippen MR) is 72.6 cm³/mol. The van der Waals surface area contributed by atoms with Crippen molar-refractivity contribution in [3.8, 4) is 5.75 Å². The number of benzene rings is 2. The van der Waals surface area contributed by atoms with Crippen LogP contribution in [0.15, 0.2) is 42.5 Å². The van der Waals surface area contributed by atoms with Crippen LogP contribution in [0, 0.1) is 0 Å². The summed E-state index contributed by atoms with van der Waals surface area (Å²) in [5, 5.41) is 18.9. The van der Waals surface area contributed by atoms with E-state index < -0.39 is 10.4 Å². The molecule has 0 aromatic heterocycles. The van der Waals surface area contributed by atoms with E-state index in [-0.39, 0.29) is 6.61 Å². The van der Waals surface area contributed by atoms with Crippen molar-refractivity contribution >= 4 is 21.2 Å². The van der Waals surface area contributed by atoms with Gasteiger partial charge in [-0.1, -0.05) is 30.3 Å². The second-order valence-electron chi connectivity index (χ2n) is 3.30. The van der Waals surface area contributed by atoms with E-state index in [0.717, 1.165) is 10.8 Å². The van der Waals surface area contributed by atoms with Crippen LogP contribution in [0.5, 0.6) is 5.75 Å². The summed E-state index contributed by atoms with van der Waals surface area (Å²) >= 11 is 0. The molecule has 106 valence electrons. The lowest BCUT2D eigenvalue weighted by Crippen LogP contribution is -1.89. The molecule has 0 fully saturated rings. The summed E-state index contributed by atoms with van der Waals surface area (Å²) in [5.74, 6) is 0.323. The summed E-state index contributed by atoms with van der Waals surface area (Å²) in [6, 6.07) is 13.3. The first-order valence-electron chi connectivity index (χ1n) is 5.26. The molecule has 0 bridgehead atoms. The van der Waals surface area contributed by atoms with Crippen molar-refractivity contribution < 1.29 is 27.7 Å². The third kappa shape index (κ3) is 9.98. The lowest BCUT2D eigenvalue weighted by molar-refractivity contribution is 0.318. The van der Waals surface area contributed by atoms with Crippen molar-refractivity contribution in [3.05, 3.63) is 42.5 Å². The van der Waals surface area contributed by atoms with Crippen LogP contribution < -0.4 is 0 Å². The smallest absolute Gasteiger partial charge is 0.394 e. The summed E-state index contributed by atoms with van der Waals surface area (Å²) in [6.07, 6.45) is 0. The highest BCUT2D eigenvalue weighted by Crippen LogP contribution is 2.18. The van der Waals surface area contributed by atoms with Crippen LogP contribution in [-0.4, -0.2) is 34.3 Å². The SMILES string of the molecule is CCO.O=S(=O)(O)O.Oc1ccc2ccccc2c1.